The Bertz CT molecular complexity index is 2420. The van der Waals surface area contributed by atoms with E-state index in [1.807, 2.05) is 6.08 Å². The first-order chi connectivity index (χ1) is 51.3. The highest BCUT2D eigenvalue weighted by molar-refractivity contribution is 5.76. The molecule has 1 amide bonds. The summed E-state index contributed by atoms with van der Waals surface area (Å²) in [5, 5.41) is 121. The fourth-order valence-corrected chi connectivity index (χ4v) is 12.9. The second kappa shape index (κ2) is 64.7. The zero-order chi connectivity index (χ0) is 76.0. The summed E-state index contributed by atoms with van der Waals surface area (Å²) in [6.07, 6.45) is 65.8. The number of aliphatic hydroxyl groups excluding tert-OH is 11. The molecule has 3 aliphatic heterocycles. The molecule has 3 fully saturated rings. The van der Waals surface area contributed by atoms with Gasteiger partial charge in [0, 0.05) is 6.42 Å². The van der Waals surface area contributed by atoms with E-state index in [-0.39, 0.29) is 18.9 Å². The SMILES string of the molecule is CC/C=C\C/C=C\C/C=C\C/C=C\C/C=C\C/C=C\C/C=C\C/C=C\C/C=C\CCCCCCCCCCCCCCCC(=O)NC(COC1OC(CO)C(OC2OC(CO)C(OC3OC(CO)C(O)C(O)C3O)C(O)C2O)C(O)C1O)C(O)/C=C/CC/C=C/CCCCCCCCCCCCCCC. The third-order valence-electron chi connectivity index (χ3n) is 19.4. The lowest BCUT2D eigenvalue weighted by Gasteiger charge is -2.48. The molecule has 0 bridgehead atoms. The predicted molar refractivity (Wildman–Crippen MR) is 419 cm³/mol. The molecule has 17 unspecified atom stereocenters. The number of unbranched alkanes of at least 4 members (excludes halogenated alkanes) is 27. The number of nitrogens with one attached hydrogen (secondary N) is 1. The summed E-state index contributed by atoms with van der Waals surface area (Å²) in [5.41, 5.74) is 0. The normalized spacial score (nSPS) is 26.5. The van der Waals surface area contributed by atoms with Crippen molar-refractivity contribution in [1.82, 2.24) is 5.32 Å². The van der Waals surface area contributed by atoms with Gasteiger partial charge in [-0.15, -0.1) is 0 Å². The van der Waals surface area contributed by atoms with E-state index < -0.39 is 124 Å². The Morgan fingerprint density at radius 2 is 0.667 bits per heavy atom. The second-order valence-electron chi connectivity index (χ2n) is 28.5. The average Bonchev–Trinajstić information content (AvgIpc) is 0.781. The van der Waals surface area contributed by atoms with Gasteiger partial charge < -0.3 is 89.9 Å². The highest BCUT2D eigenvalue weighted by atomic mass is 16.8. The van der Waals surface area contributed by atoms with Gasteiger partial charge in [-0.25, -0.2) is 0 Å². The van der Waals surface area contributed by atoms with Crippen molar-refractivity contribution in [2.45, 2.75) is 375 Å². The van der Waals surface area contributed by atoms with Gasteiger partial charge in [-0.2, -0.15) is 0 Å². The first-order valence-electron chi connectivity index (χ1n) is 40.9. The third-order valence-corrected chi connectivity index (χ3v) is 19.4. The molecule has 19 nitrogen and oxygen atoms in total. The van der Waals surface area contributed by atoms with Crippen molar-refractivity contribution in [2.75, 3.05) is 26.4 Å². The Hall–Kier alpha value is -4.07. The van der Waals surface area contributed by atoms with Crippen molar-refractivity contribution in [1.29, 1.82) is 0 Å². The van der Waals surface area contributed by atoms with Crippen LogP contribution in [0.3, 0.4) is 0 Å². The van der Waals surface area contributed by atoms with Crippen LogP contribution in [0.25, 0.3) is 0 Å². The van der Waals surface area contributed by atoms with Crippen LogP contribution in [0.4, 0.5) is 0 Å². The van der Waals surface area contributed by atoms with Crippen LogP contribution < -0.4 is 5.32 Å². The molecule has 3 heterocycles. The summed E-state index contributed by atoms with van der Waals surface area (Å²) < 4.78 is 34.4. The van der Waals surface area contributed by atoms with E-state index in [0.29, 0.717) is 12.8 Å². The second-order valence-corrected chi connectivity index (χ2v) is 28.5. The van der Waals surface area contributed by atoms with E-state index in [2.05, 4.69) is 141 Å². The van der Waals surface area contributed by atoms with Gasteiger partial charge in [0.2, 0.25) is 5.91 Å². The average molecular weight is 1480 g/mol. The van der Waals surface area contributed by atoms with Crippen LogP contribution in [-0.2, 0) is 33.2 Å². The maximum absolute atomic E-state index is 13.5. The van der Waals surface area contributed by atoms with Crippen molar-refractivity contribution in [3.8, 4) is 0 Å². The van der Waals surface area contributed by atoms with Crippen molar-refractivity contribution >= 4 is 5.91 Å². The van der Waals surface area contributed by atoms with Gasteiger partial charge in [-0.1, -0.05) is 295 Å². The quantitative estimate of drug-likeness (QED) is 0.0199. The number of rotatable bonds is 63. The number of hydrogen-bond donors (Lipinski definition) is 12. The number of ether oxygens (including phenoxy) is 6. The Labute approximate surface area is 632 Å². The molecule has 105 heavy (non-hydrogen) atoms. The van der Waals surface area contributed by atoms with Crippen LogP contribution in [-0.4, -0.2) is 193 Å². The lowest BCUT2D eigenvalue weighted by atomic mass is 9.96. The zero-order valence-electron chi connectivity index (χ0n) is 64.4. The molecular formula is C86H145NO18. The molecule has 602 valence electrons. The number of hydrogen-bond acceptors (Lipinski definition) is 18. The third kappa shape index (κ3) is 44.4. The minimum atomic E-state index is -1.99. The van der Waals surface area contributed by atoms with E-state index in [1.54, 1.807) is 6.08 Å². The molecular weight excluding hydrogens is 1330 g/mol. The summed E-state index contributed by atoms with van der Waals surface area (Å²) in [5.74, 6) is -0.290. The molecule has 0 aromatic rings. The van der Waals surface area contributed by atoms with Gasteiger partial charge in [0.15, 0.2) is 18.9 Å². The van der Waals surface area contributed by atoms with Crippen LogP contribution >= 0.6 is 0 Å². The van der Waals surface area contributed by atoms with E-state index in [4.69, 9.17) is 28.4 Å². The summed E-state index contributed by atoms with van der Waals surface area (Å²) in [4.78, 5) is 13.5. The van der Waals surface area contributed by atoms with E-state index in [9.17, 15) is 61.0 Å². The van der Waals surface area contributed by atoms with E-state index in [1.165, 1.54) is 128 Å². The predicted octanol–water partition coefficient (Wildman–Crippen LogP) is 14.1. The van der Waals surface area contributed by atoms with E-state index in [0.717, 1.165) is 109 Å². The summed E-state index contributed by atoms with van der Waals surface area (Å²) in [7, 11) is 0. The summed E-state index contributed by atoms with van der Waals surface area (Å²) >= 11 is 0. The summed E-state index contributed by atoms with van der Waals surface area (Å²) in [6, 6.07) is -0.999. The number of amides is 1. The first-order valence-corrected chi connectivity index (χ1v) is 40.9. The molecule has 0 aromatic carbocycles. The van der Waals surface area contributed by atoms with Crippen molar-refractivity contribution in [3.63, 3.8) is 0 Å². The molecule has 12 N–H and O–H groups in total. The van der Waals surface area contributed by atoms with Gasteiger partial charge in [0.25, 0.3) is 0 Å². The minimum absolute atomic E-state index is 0.227. The van der Waals surface area contributed by atoms with Crippen molar-refractivity contribution in [2.24, 2.45) is 0 Å². The smallest absolute Gasteiger partial charge is 0.220 e. The highest BCUT2D eigenvalue weighted by Gasteiger charge is 2.54. The summed E-state index contributed by atoms with van der Waals surface area (Å²) in [6.45, 7) is 1.61. The van der Waals surface area contributed by atoms with Crippen LogP contribution in [0.5, 0.6) is 0 Å². The van der Waals surface area contributed by atoms with Gasteiger partial charge in [-0.05, 0) is 103 Å². The Morgan fingerprint density at radius 1 is 0.352 bits per heavy atom. The Balaban J connectivity index is 1.33. The minimum Gasteiger partial charge on any atom is -0.394 e. The monoisotopic (exact) mass is 1480 g/mol. The van der Waals surface area contributed by atoms with Gasteiger partial charge >= 0.3 is 0 Å². The van der Waals surface area contributed by atoms with Crippen LogP contribution in [0, 0.1) is 0 Å². The molecule has 17 atom stereocenters. The molecule has 0 radical (unpaired) electrons. The lowest BCUT2D eigenvalue weighted by molar-refractivity contribution is -0.379. The maximum atomic E-state index is 13.5. The Kier molecular flexibility index (Phi) is 58.6. The van der Waals surface area contributed by atoms with Crippen molar-refractivity contribution in [3.05, 3.63) is 134 Å². The topological polar surface area (TPSA) is 307 Å². The standard InChI is InChI=1S/C86H145NO18/c1-3-5-7-9-11-13-15-17-19-21-23-24-25-26-27-28-29-30-31-32-33-34-35-36-37-38-39-40-41-42-43-44-46-48-50-52-54-56-58-60-62-64-74(92)87-69(70(91)63-61-59-57-55-53-51-49-47-45-22-20-18-16-14-12-10-8-6-4-2)68-100-84-80(98)77(95)82(72(66-89)102-84)105-86-81(99)78(96)83(73(67-90)103-86)104-85-79(97)76(94)75(93)71(65-88)101-85/h5,7,11,13,17,19,23-24,26-27,29-30,32-33,35-36,38-39,53,55,61,63,69-73,75-86,88-91,93-99H,3-4,6,8-10,12,14-16,18,20-22,25,28,31,34,37,40-52,54,56-60,62,64-68H2,1-2H3,(H,87,92)/b7-5-,13-11-,19-17-,24-23-,27-26-,30-29-,33-32-,36-35-,39-38-,55-53+,63-61+. The fraction of sp³-hybridized carbons (Fsp3) is 0.733. The number of carbonyl (C=O) groups excluding carboxylic acids is 1. The molecule has 3 saturated heterocycles. The van der Waals surface area contributed by atoms with Gasteiger partial charge in [-0.3, -0.25) is 4.79 Å². The van der Waals surface area contributed by atoms with E-state index >= 15 is 0 Å². The highest BCUT2D eigenvalue weighted by Crippen LogP contribution is 2.33. The molecule has 19 heteroatoms. The zero-order valence-corrected chi connectivity index (χ0v) is 64.4. The number of carbonyl (C=O) groups is 1. The molecule has 3 rings (SSSR count). The first kappa shape index (κ1) is 95.1. The maximum Gasteiger partial charge on any atom is 0.220 e. The Morgan fingerprint density at radius 3 is 1.07 bits per heavy atom. The van der Waals surface area contributed by atoms with Crippen molar-refractivity contribution < 1.29 is 89.4 Å². The lowest BCUT2D eigenvalue weighted by Crippen LogP contribution is -2.66. The molecule has 0 spiro atoms. The molecule has 0 saturated carbocycles. The van der Waals surface area contributed by atoms with Gasteiger partial charge in [0.05, 0.1) is 38.6 Å². The van der Waals surface area contributed by atoms with Crippen LogP contribution in [0.1, 0.15) is 271 Å². The number of aliphatic hydroxyl groups is 11. The van der Waals surface area contributed by atoms with Crippen LogP contribution in [0.15, 0.2) is 134 Å². The molecule has 0 aromatic heterocycles. The number of allylic oxidation sites excluding steroid dienone is 21. The van der Waals surface area contributed by atoms with Crippen LogP contribution in [0.2, 0.25) is 0 Å². The molecule has 3 aliphatic rings. The fourth-order valence-electron chi connectivity index (χ4n) is 12.9. The van der Waals surface area contributed by atoms with Gasteiger partial charge in [0.1, 0.15) is 73.2 Å². The largest absolute Gasteiger partial charge is 0.394 e. The molecule has 0 aliphatic carbocycles.